The SMILES string of the molecule is O=C(O)CN1CCN(CC(=O)O)CCN(CC(=O)NCCOCCOCCCC(=O)CCCC(=O)Nc2ccc(-c3nnc(-c4ccccn4)nn3)nc2)CCN(CC(=O)O)CC1. The number of nitrogens with zero attached hydrogens (tertiary/aromatic N) is 10. The lowest BCUT2D eigenvalue weighted by Crippen LogP contribution is -2.50. The van der Waals surface area contributed by atoms with Crippen molar-refractivity contribution in [3.8, 4) is 23.0 Å². The molecule has 63 heavy (non-hydrogen) atoms. The first-order valence-electron chi connectivity index (χ1n) is 20.7. The average molecular weight is 881 g/mol. The van der Waals surface area contributed by atoms with E-state index in [1.165, 1.54) is 6.20 Å². The summed E-state index contributed by atoms with van der Waals surface area (Å²) in [6.45, 7) is 3.15. The summed E-state index contributed by atoms with van der Waals surface area (Å²) in [5.41, 5.74) is 1.47. The monoisotopic (exact) mass is 880 g/mol. The lowest BCUT2D eigenvalue weighted by atomic mass is 10.1. The van der Waals surface area contributed by atoms with Crippen molar-refractivity contribution >= 4 is 41.2 Å². The van der Waals surface area contributed by atoms with Gasteiger partial charge in [-0.1, -0.05) is 6.07 Å². The molecule has 342 valence electrons. The number of hydrogen-bond acceptors (Lipinski definition) is 18. The number of amides is 2. The number of nitrogens with one attached hydrogen (secondary N) is 2. The van der Waals surface area contributed by atoms with Crippen LogP contribution in [-0.4, -0.2) is 212 Å². The molecule has 0 atom stereocenters. The summed E-state index contributed by atoms with van der Waals surface area (Å²) in [6, 6.07) is 8.65. The summed E-state index contributed by atoms with van der Waals surface area (Å²) in [7, 11) is 0. The molecule has 0 spiro atoms. The van der Waals surface area contributed by atoms with Crippen LogP contribution >= 0.6 is 0 Å². The molecule has 1 fully saturated rings. The Morgan fingerprint density at radius 3 is 1.56 bits per heavy atom. The van der Waals surface area contributed by atoms with Crippen LogP contribution in [0.1, 0.15) is 32.1 Å². The zero-order valence-electron chi connectivity index (χ0n) is 35.2. The van der Waals surface area contributed by atoms with E-state index in [0.29, 0.717) is 75.7 Å². The van der Waals surface area contributed by atoms with Gasteiger partial charge in [-0.2, -0.15) is 0 Å². The van der Waals surface area contributed by atoms with Gasteiger partial charge in [0.25, 0.3) is 0 Å². The molecule has 0 aromatic carbocycles. The summed E-state index contributed by atoms with van der Waals surface area (Å²) in [5.74, 6) is -3.05. The van der Waals surface area contributed by atoms with E-state index in [2.05, 4.69) is 41.0 Å². The normalized spacial score (nSPS) is 14.9. The van der Waals surface area contributed by atoms with Gasteiger partial charge in [-0.25, -0.2) is 0 Å². The van der Waals surface area contributed by atoms with Gasteiger partial charge in [-0.3, -0.25) is 58.3 Å². The second-order valence-electron chi connectivity index (χ2n) is 14.6. The molecule has 3 aromatic rings. The van der Waals surface area contributed by atoms with E-state index in [1.54, 1.807) is 45.2 Å². The maximum Gasteiger partial charge on any atom is 0.317 e. The number of aliphatic carboxylic acids is 3. The van der Waals surface area contributed by atoms with E-state index in [0.717, 1.165) is 0 Å². The van der Waals surface area contributed by atoms with Crippen LogP contribution in [0.5, 0.6) is 0 Å². The molecular weight excluding hydrogens is 825 g/mol. The molecule has 23 heteroatoms. The number of carboxylic acids is 3. The smallest absolute Gasteiger partial charge is 0.317 e. The molecule has 0 aliphatic carbocycles. The van der Waals surface area contributed by atoms with Crippen LogP contribution in [0.4, 0.5) is 5.69 Å². The first-order chi connectivity index (χ1) is 30.4. The van der Waals surface area contributed by atoms with Crippen LogP contribution in [0.25, 0.3) is 23.0 Å². The first kappa shape index (κ1) is 49.7. The number of aromatic nitrogens is 6. The summed E-state index contributed by atoms with van der Waals surface area (Å²) < 4.78 is 11.1. The van der Waals surface area contributed by atoms with Crippen molar-refractivity contribution in [2.24, 2.45) is 0 Å². The lowest BCUT2D eigenvalue weighted by molar-refractivity contribution is -0.140. The molecular formula is C40H56N12O11. The minimum absolute atomic E-state index is 0.00682. The van der Waals surface area contributed by atoms with Crippen molar-refractivity contribution in [3.05, 3.63) is 42.7 Å². The maximum atomic E-state index is 12.8. The second-order valence-corrected chi connectivity index (χ2v) is 14.6. The highest BCUT2D eigenvalue weighted by Gasteiger charge is 2.21. The molecule has 3 aromatic heterocycles. The van der Waals surface area contributed by atoms with E-state index >= 15 is 0 Å². The molecule has 0 saturated carbocycles. The number of rotatable bonds is 25. The number of Topliss-reactive ketones (excluding diaryl/α,β-unsaturated/α-hetero) is 1. The van der Waals surface area contributed by atoms with Crippen molar-refractivity contribution in [1.82, 2.24) is 55.3 Å². The summed E-state index contributed by atoms with van der Waals surface area (Å²) in [6.07, 6.45) is 4.80. The Balaban J connectivity index is 1.03. The molecule has 2 amide bonds. The van der Waals surface area contributed by atoms with Gasteiger partial charge in [0.2, 0.25) is 23.5 Å². The Morgan fingerprint density at radius 2 is 1.06 bits per heavy atom. The molecule has 0 bridgehead atoms. The minimum atomic E-state index is -1.03. The van der Waals surface area contributed by atoms with Gasteiger partial charge >= 0.3 is 17.9 Å². The van der Waals surface area contributed by atoms with E-state index in [9.17, 15) is 44.1 Å². The standard InChI is InChI=1S/C40H56N12O11/c53-31(5-3-8-34(54)44-30-9-10-33(43-25-30)40-47-45-39(46-48-40)32-7-1-2-11-41-32)6-4-21-62-23-24-63-22-12-42-35(55)26-49-13-15-50(27-36(56)57)17-19-52(29-38(60)61)20-18-51(16-14-49)28-37(58)59/h1-2,7,9-11,25H,3-6,8,12-24,26-29H2,(H,42,55)(H,44,54)(H,56,57)(H,58,59)(H,60,61). The molecule has 1 aliphatic heterocycles. The van der Waals surface area contributed by atoms with Crippen LogP contribution < -0.4 is 10.6 Å². The molecule has 5 N–H and O–H groups in total. The molecule has 4 rings (SSSR count). The van der Waals surface area contributed by atoms with Gasteiger partial charge in [-0.05, 0) is 37.1 Å². The highest BCUT2D eigenvalue weighted by molar-refractivity contribution is 5.91. The van der Waals surface area contributed by atoms with Gasteiger partial charge in [0, 0.05) is 91.0 Å². The minimum Gasteiger partial charge on any atom is -0.480 e. The van der Waals surface area contributed by atoms with E-state index in [1.807, 2.05) is 11.0 Å². The van der Waals surface area contributed by atoms with Gasteiger partial charge in [0.05, 0.1) is 57.9 Å². The summed E-state index contributed by atoms with van der Waals surface area (Å²) in [4.78, 5) is 87.3. The van der Waals surface area contributed by atoms with Gasteiger partial charge < -0.3 is 35.4 Å². The summed E-state index contributed by atoms with van der Waals surface area (Å²) >= 11 is 0. The molecule has 0 radical (unpaired) electrons. The predicted molar refractivity (Wildman–Crippen MR) is 224 cm³/mol. The quantitative estimate of drug-likeness (QED) is 0.0669. The van der Waals surface area contributed by atoms with E-state index < -0.39 is 17.9 Å². The number of ketones is 1. The highest BCUT2D eigenvalue weighted by atomic mass is 16.5. The Bertz CT molecular complexity index is 1860. The largest absolute Gasteiger partial charge is 0.480 e. The van der Waals surface area contributed by atoms with Gasteiger partial charge in [0.15, 0.2) is 0 Å². The van der Waals surface area contributed by atoms with E-state index in [4.69, 9.17) is 9.47 Å². The third-order valence-electron chi connectivity index (χ3n) is 9.57. The highest BCUT2D eigenvalue weighted by Crippen LogP contribution is 2.16. The fourth-order valence-electron chi connectivity index (χ4n) is 6.32. The number of carbonyl (C=O) groups is 6. The number of pyridine rings is 2. The fraction of sp³-hybridized carbons (Fsp3) is 0.550. The maximum absolute atomic E-state index is 12.8. The summed E-state index contributed by atoms with van der Waals surface area (Å²) in [5, 5.41) is 49.9. The third kappa shape index (κ3) is 20.6. The van der Waals surface area contributed by atoms with Crippen molar-refractivity contribution < 1.29 is 53.6 Å². The van der Waals surface area contributed by atoms with Crippen molar-refractivity contribution in [2.75, 3.05) is 117 Å². The Labute approximate surface area is 364 Å². The van der Waals surface area contributed by atoms with E-state index in [-0.39, 0.29) is 114 Å². The molecule has 1 saturated heterocycles. The number of anilines is 1. The van der Waals surface area contributed by atoms with Crippen LogP contribution in [0.15, 0.2) is 42.7 Å². The number of ether oxygens (including phenoxy) is 2. The van der Waals surface area contributed by atoms with Crippen molar-refractivity contribution in [3.63, 3.8) is 0 Å². The Morgan fingerprint density at radius 1 is 0.556 bits per heavy atom. The molecule has 0 unspecified atom stereocenters. The van der Waals surface area contributed by atoms with Gasteiger partial charge in [-0.15, -0.1) is 20.4 Å². The topological polar surface area (TPSA) is 296 Å². The van der Waals surface area contributed by atoms with Crippen LogP contribution in [0.3, 0.4) is 0 Å². The Kier molecular flexibility index (Phi) is 22.0. The van der Waals surface area contributed by atoms with Gasteiger partial charge in [0.1, 0.15) is 17.2 Å². The van der Waals surface area contributed by atoms with Crippen LogP contribution in [0.2, 0.25) is 0 Å². The zero-order valence-corrected chi connectivity index (χ0v) is 35.2. The second kappa shape index (κ2) is 27.9. The molecule has 23 nitrogen and oxygen atoms in total. The van der Waals surface area contributed by atoms with Crippen molar-refractivity contribution in [1.29, 1.82) is 0 Å². The number of hydrogen-bond donors (Lipinski definition) is 5. The average Bonchev–Trinajstić information content (AvgIpc) is 3.25. The third-order valence-corrected chi connectivity index (χ3v) is 9.57. The van der Waals surface area contributed by atoms with Crippen molar-refractivity contribution in [2.45, 2.75) is 32.1 Å². The van der Waals surface area contributed by atoms with Crippen LogP contribution in [0, 0.1) is 0 Å². The first-order valence-corrected chi connectivity index (χ1v) is 20.7. The Hall–Kier alpha value is -5.98. The zero-order chi connectivity index (χ0) is 45.2. The number of carbonyl (C=O) groups excluding carboxylic acids is 3. The number of carboxylic acid groups (broad SMARTS) is 3. The molecule has 4 heterocycles. The predicted octanol–water partition coefficient (Wildman–Crippen LogP) is -0.526. The molecule has 1 aliphatic rings. The fourth-order valence-corrected chi connectivity index (χ4v) is 6.32. The lowest BCUT2D eigenvalue weighted by Gasteiger charge is -2.32. The van der Waals surface area contributed by atoms with Crippen LogP contribution in [-0.2, 0) is 38.2 Å².